The van der Waals surface area contributed by atoms with Gasteiger partial charge in [-0.2, -0.15) is 0 Å². The number of carbonyl (C=O) groups excluding carboxylic acids is 1. The molecule has 0 aromatic carbocycles. The van der Waals surface area contributed by atoms with Crippen molar-refractivity contribution in [1.82, 2.24) is 4.98 Å². The summed E-state index contributed by atoms with van der Waals surface area (Å²) in [6, 6.07) is 3.57. The number of hydrogen-bond acceptors (Lipinski definition) is 3. The van der Waals surface area contributed by atoms with Crippen molar-refractivity contribution in [3.8, 4) is 5.75 Å². The maximum Gasteiger partial charge on any atom is 0.265 e. The van der Waals surface area contributed by atoms with Gasteiger partial charge in [0.2, 0.25) is 0 Å². The molecule has 0 atom stereocenters. The van der Waals surface area contributed by atoms with Crippen LogP contribution < -0.4 is 9.64 Å². The second kappa shape index (κ2) is 2.99. The molecule has 1 amide bonds. The molecule has 1 aliphatic heterocycles. The van der Waals surface area contributed by atoms with Crippen molar-refractivity contribution < 1.29 is 9.53 Å². The van der Waals surface area contributed by atoms with Gasteiger partial charge in [-0.15, -0.1) is 0 Å². The van der Waals surface area contributed by atoms with Crippen molar-refractivity contribution in [2.45, 2.75) is 0 Å². The molecule has 2 heterocycles. The third-order valence-corrected chi connectivity index (χ3v) is 2.29. The number of amides is 1. The normalized spacial score (nSPS) is 15.2. The molecular weight excluding hydrogens is 236 g/mol. The monoisotopic (exact) mass is 242 g/mol. The number of ether oxygens (including phenoxy) is 1. The number of nitrogens with zero attached hydrogens (tertiary/aromatic N) is 2. The molecule has 0 spiro atoms. The summed E-state index contributed by atoms with van der Waals surface area (Å²) in [6.07, 6.45) is 0. The minimum atomic E-state index is -0.0851. The Morgan fingerprint density at radius 3 is 3.15 bits per heavy atom. The number of likely N-dealkylation sites (N-methyl/N-ethyl adjacent to an activating group) is 1. The van der Waals surface area contributed by atoms with Gasteiger partial charge in [-0.3, -0.25) is 9.69 Å². The van der Waals surface area contributed by atoms with Crippen molar-refractivity contribution >= 4 is 27.7 Å². The quantitative estimate of drug-likeness (QED) is 0.643. The number of carbonyl (C=O) groups is 1. The van der Waals surface area contributed by atoms with Gasteiger partial charge in [0.1, 0.15) is 4.60 Å². The van der Waals surface area contributed by atoms with Crippen LogP contribution in [0.25, 0.3) is 0 Å². The summed E-state index contributed by atoms with van der Waals surface area (Å²) < 4.78 is 5.88. The predicted molar refractivity (Wildman–Crippen MR) is 50.8 cm³/mol. The molecule has 4 nitrogen and oxygen atoms in total. The number of hydrogen-bond donors (Lipinski definition) is 0. The van der Waals surface area contributed by atoms with E-state index in [2.05, 4.69) is 20.9 Å². The lowest BCUT2D eigenvalue weighted by atomic mass is 10.3. The highest BCUT2D eigenvalue weighted by molar-refractivity contribution is 9.10. The summed E-state index contributed by atoms with van der Waals surface area (Å²) in [4.78, 5) is 16.8. The van der Waals surface area contributed by atoms with Crippen LogP contribution in [0.15, 0.2) is 16.7 Å². The molecule has 0 unspecified atom stereocenters. The number of aromatic nitrogens is 1. The summed E-state index contributed by atoms with van der Waals surface area (Å²) in [6.45, 7) is 0.0901. The molecule has 0 bridgehead atoms. The molecule has 68 valence electrons. The van der Waals surface area contributed by atoms with Gasteiger partial charge >= 0.3 is 0 Å². The zero-order chi connectivity index (χ0) is 9.42. The first-order valence-electron chi connectivity index (χ1n) is 3.74. The lowest BCUT2D eigenvalue weighted by molar-refractivity contribution is -0.121. The van der Waals surface area contributed by atoms with Crippen LogP contribution >= 0.6 is 15.9 Å². The average Bonchev–Trinajstić information content (AvgIpc) is 2.12. The van der Waals surface area contributed by atoms with E-state index < -0.39 is 0 Å². The molecule has 0 radical (unpaired) electrons. The highest BCUT2D eigenvalue weighted by Gasteiger charge is 2.23. The highest BCUT2D eigenvalue weighted by atomic mass is 79.9. The van der Waals surface area contributed by atoms with Crippen molar-refractivity contribution in [2.24, 2.45) is 0 Å². The summed E-state index contributed by atoms with van der Waals surface area (Å²) >= 11 is 3.23. The fraction of sp³-hybridized carbons (Fsp3) is 0.250. The second-order valence-corrected chi connectivity index (χ2v) is 3.51. The molecule has 2 rings (SSSR count). The van der Waals surface area contributed by atoms with Gasteiger partial charge in [0.05, 0.1) is 0 Å². The smallest absolute Gasteiger partial charge is 0.265 e. The minimum Gasteiger partial charge on any atom is -0.480 e. The molecule has 1 aromatic rings. The van der Waals surface area contributed by atoms with Crippen LogP contribution in [0.4, 0.5) is 5.82 Å². The molecule has 5 heteroatoms. The van der Waals surface area contributed by atoms with Crippen molar-refractivity contribution in [2.75, 3.05) is 18.6 Å². The summed E-state index contributed by atoms with van der Waals surface area (Å²) in [5, 5.41) is 0. The Hall–Kier alpha value is -1.10. The van der Waals surface area contributed by atoms with E-state index >= 15 is 0 Å². The zero-order valence-corrected chi connectivity index (χ0v) is 8.54. The van der Waals surface area contributed by atoms with Gasteiger partial charge in [0.15, 0.2) is 18.2 Å². The largest absolute Gasteiger partial charge is 0.480 e. The SMILES string of the molecule is CN1C(=O)COc2ccc(Br)nc21. The first kappa shape index (κ1) is 8.50. The average molecular weight is 243 g/mol. The van der Waals surface area contributed by atoms with Crippen LogP contribution in [-0.2, 0) is 4.79 Å². The van der Waals surface area contributed by atoms with Crippen molar-refractivity contribution in [3.63, 3.8) is 0 Å². The van der Waals surface area contributed by atoms with E-state index in [4.69, 9.17) is 4.74 Å². The fourth-order valence-electron chi connectivity index (χ4n) is 1.12. The van der Waals surface area contributed by atoms with Crippen LogP contribution in [0, 0.1) is 0 Å². The van der Waals surface area contributed by atoms with Gasteiger partial charge < -0.3 is 4.74 Å². The highest BCUT2D eigenvalue weighted by Crippen LogP contribution is 2.29. The summed E-state index contributed by atoms with van der Waals surface area (Å²) in [7, 11) is 1.68. The molecule has 0 saturated heterocycles. The molecule has 13 heavy (non-hydrogen) atoms. The van der Waals surface area contributed by atoms with Gasteiger partial charge in [-0.1, -0.05) is 0 Å². The topological polar surface area (TPSA) is 42.4 Å². The first-order chi connectivity index (χ1) is 6.18. The van der Waals surface area contributed by atoms with Crippen LogP contribution in [-0.4, -0.2) is 24.5 Å². The number of halogens is 1. The van der Waals surface area contributed by atoms with Crippen LogP contribution in [0.2, 0.25) is 0 Å². The molecule has 1 aliphatic rings. The lowest BCUT2D eigenvalue weighted by Gasteiger charge is -2.24. The zero-order valence-electron chi connectivity index (χ0n) is 6.95. The van der Waals surface area contributed by atoms with Gasteiger partial charge in [0, 0.05) is 7.05 Å². The third kappa shape index (κ3) is 1.39. The van der Waals surface area contributed by atoms with E-state index in [1.165, 1.54) is 4.90 Å². The molecule has 0 N–H and O–H groups in total. The minimum absolute atomic E-state index is 0.0851. The Bertz CT molecular complexity index is 367. The standard InChI is InChI=1S/C8H7BrN2O2/c1-11-7(12)4-13-5-2-3-6(9)10-8(5)11/h2-3H,4H2,1H3. The fourth-order valence-corrected chi connectivity index (χ4v) is 1.42. The number of rotatable bonds is 0. The maximum atomic E-state index is 11.2. The third-order valence-electron chi connectivity index (χ3n) is 1.85. The van der Waals surface area contributed by atoms with Gasteiger partial charge in [0.25, 0.3) is 5.91 Å². The Morgan fingerprint density at radius 1 is 1.62 bits per heavy atom. The number of anilines is 1. The lowest BCUT2D eigenvalue weighted by Crippen LogP contribution is -2.36. The van der Waals surface area contributed by atoms with Crippen molar-refractivity contribution in [3.05, 3.63) is 16.7 Å². The Morgan fingerprint density at radius 2 is 2.38 bits per heavy atom. The predicted octanol–water partition coefficient (Wildman–Crippen LogP) is 1.20. The van der Waals surface area contributed by atoms with Crippen molar-refractivity contribution in [1.29, 1.82) is 0 Å². The maximum absolute atomic E-state index is 11.2. The summed E-state index contributed by atoms with van der Waals surface area (Å²) in [5.41, 5.74) is 0. The van der Waals surface area contributed by atoms with E-state index in [1.807, 2.05) is 0 Å². The van der Waals surface area contributed by atoms with Gasteiger partial charge in [-0.25, -0.2) is 4.98 Å². The van der Waals surface area contributed by atoms with E-state index in [9.17, 15) is 4.79 Å². The van der Waals surface area contributed by atoms with E-state index in [1.54, 1.807) is 19.2 Å². The molecular formula is C8H7BrN2O2. The molecule has 0 aliphatic carbocycles. The summed E-state index contributed by atoms with van der Waals surface area (Å²) in [5.74, 6) is 1.12. The van der Waals surface area contributed by atoms with Crippen LogP contribution in [0.5, 0.6) is 5.75 Å². The van der Waals surface area contributed by atoms with Gasteiger partial charge in [-0.05, 0) is 28.1 Å². The molecule has 0 saturated carbocycles. The Labute approximate surface area is 83.6 Å². The van der Waals surface area contributed by atoms with E-state index in [-0.39, 0.29) is 12.5 Å². The number of fused-ring (bicyclic) bond motifs is 1. The van der Waals surface area contributed by atoms with E-state index in [0.717, 1.165) is 0 Å². The second-order valence-electron chi connectivity index (χ2n) is 2.70. The van der Waals surface area contributed by atoms with Crippen LogP contribution in [0.3, 0.4) is 0 Å². The Balaban J connectivity index is 2.51. The molecule has 0 fully saturated rings. The number of pyridine rings is 1. The Kier molecular flexibility index (Phi) is 1.95. The first-order valence-corrected chi connectivity index (χ1v) is 4.53. The molecule has 1 aromatic heterocycles. The van der Waals surface area contributed by atoms with E-state index in [0.29, 0.717) is 16.2 Å². The van der Waals surface area contributed by atoms with Crippen LogP contribution in [0.1, 0.15) is 0 Å².